The van der Waals surface area contributed by atoms with Gasteiger partial charge in [0.1, 0.15) is 12.1 Å². The summed E-state index contributed by atoms with van der Waals surface area (Å²) in [7, 11) is 0. The van der Waals surface area contributed by atoms with E-state index in [0.29, 0.717) is 36.8 Å². The summed E-state index contributed by atoms with van der Waals surface area (Å²) in [5, 5.41) is 6.14. The van der Waals surface area contributed by atoms with Crippen LogP contribution in [0.3, 0.4) is 0 Å². The van der Waals surface area contributed by atoms with Crippen LogP contribution in [0.5, 0.6) is 0 Å². The maximum Gasteiger partial charge on any atom is 0.325 e. The lowest BCUT2D eigenvalue weighted by atomic mass is 9.92. The first-order valence-electron chi connectivity index (χ1n) is 10.6. The highest BCUT2D eigenvalue weighted by Crippen LogP contribution is 2.29. The Kier molecular flexibility index (Phi) is 6.80. The van der Waals surface area contributed by atoms with Crippen molar-refractivity contribution in [3.63, 3.8) is 0 Å². The zero-order chi connectivity index (χ0) is 23.7. The van der Waals surface area contributed by atoms with Gasteiger partial charge in [0.15, 0.2) is 0 Å². The number of piperazine rings is 1. The molecule has 2 N–H and O–H groups in total. The van der Waals surface area contributed by atoms with Crippen LogP contribution in [-0.2, 0) is 19.9 Å². The minimum atomic E-state index is -1.25. The van der Waals surface area contributed by atoms with Gasteiger partial charge in [-0.1, -0.05) is 23.7 Å². The van der Waals surface area contributed by atoms with Gasteiger partial charge in [-0.05, 0) is 45.4 Å². The highest BCUT2D eigenvalue weighted by Gasteiger charge is 2.49. The van der Waals surface area contributed by atoms with Gasteiger partial charge < -0.3 is 15.5 Å². The monoisotopic (exact) mass is 463 g/mol. The van der Waals surface area contributed by atoms with Crippen molar-refractivity contribution >= 4 is 35.4 Å². The Morgan fingerprint density at radius 2 is 1.66 bits per heavy atom. The Labute approximate surface area is 193 Å². The van der Waals surface area contributed by atoms with Crippen LogP contribution in [0.1, 0.15) is 33.3 Å². The van der Waals surface area contributed by atoms with Crippen molar-refractivity contribution in [3.8, 4) is 0 Å². The molecule has 2 saturated heterocycles. The van der Waals surface area contributed by atoms with Crippen LogP contribution in [0.4, 0.5) is 4.79 Å². The molecule has 2 aliphatic rings. The molecule has 0 aliphatic carbocycles. The fraction of sp³-hybridized carbons (Fsp3) is 0.545. The second-order valence-corrected chi connectivity index (χ2v) is 9.84. The molecular weight excluding hydrogens is 434 g/mol. The highest BCUT2D eigenvalue weighted by atomic mass is 35.5. The molecule has 3 rings (SSSR count). The van der Waals surface area contributed by atoms with Crippen molar-refractivity contribution in [2.75, 3.05) is 39.3 Å². The van der Waals surface area contributed by atoms with Gasteiger partial charge in [0.2, 0.25) is 11.8 Å². The zero-order valence-corrected chi connectivity index (χ0v) is 19.7. The molecule has 2 heterocycles. The number of carbonyl (C=O) groups is 4. The van der Waals surface area contributed by atoms with Gasteiger partial charge in [-0.15, -0.1) is 0 Å². The highest BCUT2D eigenvalue weighted by molar-refractivity contribution is 6.30. The van der Waals surface area contributed by atoms with E-state index in [0.717, 1.165) is 4.90 Å². The number of amides is 5. The topological polar surface area (TPSA) is 102 Å². The average Bonchev–Trinajstić information content (AvgIpc) is 2.91. The summed E-state index contributed by atoms with van der Waals surface area (Å²) in [5.41, 5.74) is -0.948. The number of carbonyl (C=O) groups excluding carboxylic acids is 4. The van der Waals surface area contributed by atoms with Gasteiger partial charge in [0.05, 0.1) is 6.54 Å². The molecule has 0 spiro atoms. The Morgan fingerprint density at radius 1 is 1.06 bits per heavy atom. The van der Waals surface area contributed by atoms with Crippen LogP contribution in [0.2, 0.25) is 5.02 Å². The number of nitrogens with one attached hydrogen (secondary N) is 2. The summed E-state index contributed by atoms with van der Waals surface area (Å²) in [6, 6.07) is 6.06. The predicted octanol–water partition coefficient (Wildman–Crippen LogP) is 1.17. The Morgan fingerprint density at radius 3 is 2.22 bits per heavy atom. The van der Waals surface area contributed by atoms with Crippen LogP contribution in [0.25, 0.3) is 0 Å². The summed E-state index contributed by atoms with van der Waals surface area (Å²) in [6.07, 6.45) is 0. The molecule has 10 heteroatoms. The molecule has 2 aliphatic heterocycles. The normalized spacial score (nSPS) is 22.2. The summed E-state index contributed by atoms with van der Waals surface area (Å²) in [6.45, 7) is 9.30. The van der Waals surface area contributed by atoms with Gasteiger partial charge in [-0.2, -0.15) is 0 Å². The fourth-order valence-corrected chi connectivity index (χ4v) is 4.00. The number of hydrogen-bond donors (Lipinski definition) is 2. The number of hydrogen-bond acceptors (Lipinski definition) is 5. The van der Waals surface area contributed by atoms with Gasteiger partial charge in [0, 0.05) is 36.7 Å². The third-order valence-corrected chi connectivity index (χ3v) is 5.85. The van der Waals surface area contributed by atoms with E-state index in [1.807, 2.05) is 25.7 Å². The van der Waals surface area contributed by atoms with Crippen molar-refractivity contribution < 1.29 is 19.2 Å². The molecule has 0 radical (unpaired) electrons. The first-order chi connectivity index (χ1) is 14.9. The van der Waals surface area contributed by atoms with E-state index >= 15 is 0 Å². The molecule has 1 aromatic rings. The standard InChI is InChI=1S/C22H30ClN5O4/c1-21(2,3)24-17(29)13-26-9-11-27(12-10-26)18(30)14-28-19(31)22(4,25-20(28)32)15-5-7-16(23)8-6-15/h5-8H,9-14H2,1-4H3,(H,24,29)(H,25,32)/t22-/m1/s1. The molecule has 32 heavy (non-hydrogen) atoms. The van der Waals surface area contributed by atoms with Crippen LogP contribution in [-0.4, -0.2) is 83.3 Å². The molecule has 1 atom stereocenters. The molecule has 1 aromatic carbocycles. The van der Waals surface area contributed by atoms with Crippen LogP contribution in [0.15, 0.2) is 24.3 Å². The van der Waals surface area contributed by atoms with E-state index < -0.39 is 17.5 Å². The molecule has 0 unspecified atom stereocenters. The predicted molar refractivity (Wildman–Crippen MR) is 120 cm³/mol. The van der Waals surface area contributed by atoms with Crippen molar-refractivity contribution in [3.05, 3.63) is 34.9 Å². The SMILES string of the molecule is CC(C)(C)NC(=O)CN1CCN(C(=O)CN2C(=O)N[C@](C)(c3ccc(Cl)cc3)C2=O)CC1. The molecule has 5 amide bonds. The molecule has 2 fully saturated rings. The quantitative estimate of drug-likeness (QED) is 0.638. The number of imide groups is 1. The van der Waals surface area contributed by atoms with E-state index in [1.54, 1.807) is 36.1 Å². The summed E-state index contributed by atoms with van der Waals surface area (Å²) < 4.78 is 0. The van der Waals surface area contributed by atoms with E-state index in [9.17, 15) is 19.2 Å². The number of benzene rings is 1. The first-order valence-corrected chi connectivity index (χ1v) is 11.0. The third kappa shape index (κ3) is 5.39. The molecule has 0 saturated carbocycles. The lowest BCUT2D eigenvalue weighted by molar-refractivity contribution is -0.140. The first kappa shape index (κ1) is 24.0. The fourth-order valence-electron chi connectivity index (χ4n) is 3.87. The molecular formula is C22H30ClN5O4. The maximum atomic E-state index is 13.0. The maximum absolute atomic E-state index is 13.0. The van der Waals surface area contributed by atoms with Gasteiger partial charge in [-0.25, -0.2) is 4.79 Å². The van der Waals surface area contributed by atoms with Gasteiger partial charge in [0.25, 0.3) is 5.91 Å². The lowest BCUT2D eigenvalue weighted by Crippen LogP contribution is -2.54. The van der Waals surface area contributed by atoms with Crippen LogP contribution < -0.4 is 10.6 Å². The number of halogens is 1. The van der Waals surface area contributed by atoms with E-state index in [2.05, 4.69) is 10.6 Å². The minimum Gasteiger partial charge on any atom is -0.350 e. The molecule has 0 bridgehead atoms. The molecule has 174 valence electrons. The zero-order valence-electron chi connectivity index (χ0n) is 18.9. The minimum absolute atomic E-state index is 0.0573. The molecule has 9 nitrogen and oxygen atoms in total. The third-order valence-electron chi connectivity index (χ3n) is 5.60. The Hall–Kier alpha value is -2.65. The summed E-state index contributed by atoms with van der Waals surface area (Å²) in [5.74, 6) is -0.832. The van der Waals surface area contributed by atoms with Crippen molar-refractivity contribution in [2.45, 2.75) is 38.8 Å². The second kappa shape index (κ2) is 9.07. The summed E-state index contributed by atoms with van der Waals surface area (Å²) in [4.78, 5) is 55.0. The Bertz CT molecular complexity index is 906. The largest absolute Gasteiger partial charge is 0.350 e. The van der Waals surface area contributed by atoms with Gasteiger partial charge >= 0.3 is 6.03 Å². The van der Waals surface area contributed by atoms with Crippen molar-refractivity contribution in [2.24, 2.45) is 0 Å². The smallest absolute Gasteiger partial charge is 0.325 e. The van der Waals surface area contributed by atoms with E-state index in [4.69, 9.17) is 11.6 Å². The van der Waals surface area contributed by atoms with Gasteiger partial charge in [-0.3, -0.25) is 24.2 Å². The lowest BCUT2D eigenvalue weighted by Gasteiger charge is -2.35. The van der Waals surface area contributed by atoms with E-state index in [1.165, 1.54) is 0 Å². The van der Waals surface area contributed by atoms with E-state index in [-0.39, 0.29) is 30.4 Å². The molecule has 0 aromatic heterocycles. The summed E-state index contributed by atoms with van der Waals surface area (Å²) >= 11 is 5.92. The second-order valence-electron chi connectivity index (χ2n) is 9.41. The van der Waals surface area contributed by atoms with Crippen molar-refractivity contribution in [1.82, 2.24) is 25.3 Å². The number of urea groups is 1. The number of nitrogens with zero attached hydrogens (tertiary/aromatic N) is 3. The Balaban J connectivity index is 1.55. The van der Waals surface area contributed by atoms with Crippen LogP contribution in [0, 0.1) is 0 Å². The average molecular weight is 464 g/mol. The van der Waals surface area contributed by atoms with Crippen molar-refractivity contribution in [1.29, 1.82) is 0 Å². The van der Waals surface area contributed by atoms with Crippen LogP contribution >= 0.6 is 11.6 Å². The number of rotatable bonds is 5.